The minimum Gasteiger partial charge on any atom is -0.458 e. The summed E-state index contributed by atoms with van der Waals surface area (Å²) in [5.41, 5.74) is 36.2. The predicted octanol–water partition coefficient (Wildman–Crippen LogP) is 19.1. The Hall–Kier alpha value is -14.1. The smallest absolute Gasteiger partial charge is 0.260 e. The van der Waals surface area contributed by atoms with Crippen molar-refractivity contribution >= 4 is 197 Å². The van der Waals surface area contributed by atoms with E-state index in [1.807, 2.05) is 0 Å². The molecule has 16 aromatic carbocycles. The highest BCUT2D eigenvalue weighted by atomic mass is 16.5. The minimum absolute atomic E-state index is 0.176. The number of nitrogens with one attached hydrogen (secondary N) is 1. The van der Waals surface area contributed by atoms with E-state index in [2.05, 4.69) is 382 Å². The van der Waals surface area contributed by atoms with Gasteiger partial charge in [0.25, 0.3) is 20.1 Å². The van der Waals surface area contributed by atoms with Crippen LogP contribution < -0.4 is 78.7 Å². The Labute approximate surface area is 641 Å². The largest absolute Gasteiger partial charge is 0.458 e. The van der Waals surface area contributed by atoms with E-state index in [9.17, 15) is 0 Å². The van der Waals surface area contributed by atoms with Crippen LogP contribution in [0.2, 0.25) is 0 Å². The normalized spacial score (nSPS) is 13.6. The van der Waals surface area contributed by atoms with Crippen LogP contribution in [0.25, 0.3) is 82.5 Å². The molecule has 0 saturated heterocycles. The molecule has 0 unspecified atom stereocenters. The highest BCUT2D eigenvalue weighted by Crippen LogP contribution is 2.51. The second kappa shape index (κ2) is 22.5. The molecular weight excluding hydrogens is 1350 g/mol. The van der Waals surface area contributed by atoms with Gasteiger partial charge in [0.2, 0.25) is 0 Å². The van der Waals surface area contributed by atoms with E-state index in [-0.39, 0.29) is 20.1 Å². The van der Waals surface area contributed by atoms with Crippen LogP contribution in [0.1, 0.15) is 16.7 Å². The number of hydrogen-bond acceptors (Lipinski definition) is 6. The first-order valence-electron chi connectivity index (χ1n) is 38.6. The van der Waals surface area contributed by atoms with Gasteiger partial charge in [-0.25, -0.2) is 0 Å². The lowest BCUT2D eigenvalue weighted by Crippen LogP contribution is -2.65. The van der Waals surface area contributed by atoms with Crippen molar-refractivity contribution in [3.05, 3.63) is 344 Å². The third kappa shape index (κ3) is 8.37. The molecule has 6 aliphatic heterocycles. The summed E-state index contributed by atoms with van der Waals surface area (Å²) in [6, 6.07) is 122. The molecule has 0 aliphatic carbocycles. The molecule has 516 valence electrons. The molecule has 19 aromatic rings. The van der Waals surface area contributed by atoms with Crippen molar-refractivity contribution in [2.75, 3.05) is 20.0 Å². The summed E-state index contributed by atoms with van der Waals surface area (Å²) in [7, 11) is 0. The van der Waals surface area contributed by atoms with Gasteiger partial charge in [0, 0.05) is 119 Å². The van der Waals surface area contributed by atoms with E-state index >= 15 is 0 Å². The first-order valence-corrected chi connectivity index (χ1v) is 38.6. The van der Waals surface area contributed by atoms with Crippen LogP contribution >= 0.6 is 0 Å². The van der Waals surface area contributed by atoms with Crippen molar-refractivity contribution in [2.45, 2.75) is 20.8 Å². The Balaban J connectivity index is 0.763. The van der Waals surface area contributed by atoms with Crippen molar-refractivity contribution < 1.29 is 9.47 Å². The van der Waals surface area contributed by atoms with E-state index < -0.39 is 0 Å². The van der Waals surface area contributed by atoms with E-state index in [4.69, 9.17) is 9.47 Å². The molecule has 6 aliphatic rings. The molecule has 3 aromatic heterocycles. The molecule has 12 heteroatoms. The van der Waals surface area contributed by atoms with Crippen molar-refractivity contribution in [3.63, 3.8) is 0 Å². The average Bonchev–Trinajstić information content (AvgIpc) is 0.902. The summed E-state index contributed by atoms with van der Waals surface area (Å²) in [4.78, 5) is 7.64. The standard InChI is InChI=1S/C99H64B3N7O2/c1-58-46-59(2)99(60(3)47-58)109-88-57-93-77(55-75(88)101-73-37-17-25-45-87(73)105(62-28-8-5-9-29-62)90-50-64(51-91(109)97(90)101)107-82-40-20-12-32-68(82)69-33-13-21-41-83(69)107)102-76-54-74-78(56-92(76)110-94-52-65(53-95(111-93)98(94)102)108-84-42-22-14-34-70(84)71-35-15-23-43-85(71)108)103-79-48-63(106-80-38-18-10-30-66(80)67-31-11-19-39-81(67)106)49-89-96(79)100(74)72-36-16-24-44-86(72)104(89)61-26-6-4-7-27-61/h4-57,103H,1-3H3. The molecule has 9 heterocycles. The Morgan fingerprint density at radius 3 is 1.09 bits per heavy atom. The molecule has 9 nitrogen and oxygen atoms in total. The summed E-state index contributed by atoms with van der Waals surface area (Å²) >= 11 is 0. The molecule has 0 saturated carbocycles. The van der Waals surface area contributed by atoms with Gasteiger partial charge in [-0.3, -0.25) is 0 Å². The average molecular weight is 1420 g/mol. The zero-order chi connectivity index (χ0) is 72.7. The summed E-state index contributed by atoms with van der Waals surface area (Å²) in [6.07, 6.45) is 0. The molecule has 0 spiro atoms. The number of nitrogens with zero attached hydrogens (tertiary/aromatic N) is 6. The van der Waals surface area contributed by atoms with Crippen LogP contribution in [-0.4, -0.2) is 33.8 Å². The van der Waals surface area contributed by atoms with E-state index in [0.29, 0.717) is 0 Å². The van der Waals surface area contributed by atoms with Crippen molar-refractivity contribution in [1.29, 1.82) is 0 Å². The topological polar surface area (TPSA) is 55.0 Å². The molecule has 0 radical (unpaired) electrons. The van der Waals surface area contributed by atoms with Crippen molar-refractivity contribution in [3.8, 4) is 40.1 Å². The number of aromatic nitrogens is 3. The highest BCUT2D eigenvalue weighted by molar-refractivity contribution is 7.03. The van der Waals surface area contributed by atoms with E-state index in [1.165, 1.54) is 81.8 Å². The lowest BCUT2D eigenvalue weighted by atomic mass is 9.29. The highest BCUT2D eigenvalue weighted by Gasteiger charge is 2.50. The fourth-order valence-corrected chi connectivity index (χ4v) is 20.7. The van der Waals surface area contributed by atoms with E-state index in [0.717, 1.165) is 152 Å². The summed E-state index contributed by atoms with van der Waals surface area (Å²) in [5, 5.41) is 11.4. The van der Waals surface area contributed by atoms with Gasteiger partial charge in [0.1, 0.15) is 23.0 Å². The molecule has 1 N–H and O–H groups in total. The van der Waals surface area contributed by atoms with Crippen LogP contribution in [0.15, 0.2) is 328 Å². The Bertz CT molecular complexity index is 7180. The van der Waals surface area contributed by atoms with Crippen molar-refractivity contribution in [2.24, 2.45) is 0 Å². The van der Waals surface area contributed by atoms with Crippen LogP contribution in [0.3, 0.4) is 0 Å². The number of rotatable bonds is 6. The van der Waals surface area contributed by atoms with Crippen LogP contribution in [0.5, 0.6) is 23.0 Å². The number of fused-ring (bicyclic) bond motifs is 21. The van der Waals surface area contributed by atoms with Gasteiger partial charge < -0.3 is 43.2 Å². The maximum Gasteiger partial charge on any atom is 0.260 e. The van der Waals surface area contributed by atoms with Crippen LogP contribution in [0, 0.1) is 20.8 Å². The van der Waals surface area contributed by atoms with Gasteiger partial charge in [0.05, 0.1) is 55.8 Å². The molecule has 0 atom stereocenters. The molecule has 0 bridgehead atoms. The number of benzene rings is 16. The van der Waals surface area contributed by atoms with Gasteiger partial charge in [0.15, 0.2) is 0 Å². The van der Waals surface area contributed by atoms with Gasteiger partial charge in [-0.15, -0.1) is 0 Å². The Kier molecular flexibility index (Phi) is 12.4. The second-order valence-electron chi connectivity index (χ2n) is 30.9. The maximum absolute atomic E-state index is 7.92. The monoisotopic (exact) mass is 1420 g/mol. The van der Waals surface area contributed by atoms with Crippen LogP contribution in [-0.2, 0) is 0 Å². The predicted molar refractivity (Wildman–Crippen MR) is 464 cm³/mol. The molecule has 25 rings (SSSR count). The van der Waals surface area contributed by atoms with Crippen molar-refractivity contribution in [1.82, 2.24) is 13.7 Å². The quantitative estimate of drug-likeness (QED) is 0.167. The zero-order valence-electron chi connectivity index (χ0n) is 60.9. The molecule has 0 fully saturated rings. The van der Waals surface area contributed by atoms with Gasteiger partial charge in [-0.05, 0) is 173 Å². The van der Waals surface area contributed by atoms with Gasteiger partial charge >= 0.3 is 0 Å². The lowest BCUT2D eigenvalue weighted by molar-refractivity contribution is 0.464. The number of para-hydroxylation sites is 10. The summed E-state index contributed by atoms with van der Waals surface area (Å²) in [6.45, 7) is 6.06. The Morgan fingerprint density at radius 1 is 0.243 bits per heavy atom. The molecular formula is C99H64B3N7O2. The first kappa shape index (κ1) is 61.0. The van der Waals surface area contributed by atoms with Crippen LogP contribution in [0.4, 0.5) is 62.6 Å². The Morgan fingerprint density at radius 2 is 0.613 bits per heavy atom. The first-order chi connectivity index (χ1) is 54.8. The van der Waals surface area contributed by atoms with E-state index in [1.54, 1.807) is 0 Å². The number of hydrogen-bond donors (Lipinski definition) is 1. The number of ether oxygens (including phenoxy) is 2. The van der Waals surface area contributed by atoms with Gasteiger partial charge in [-0.1, -0.05) is 212 Å². The SMILES string of the molecule is Cc1cc(C)c(N2c3cc4c(cc3B3c5ccccc5N(c5ccccc5)c5cc(-n6c7ccccc7c7ccccc76)cc2c53)B2c3cc5c(cc3Oc3cc(-n6c7ccccc7c7ccccc76)cc(c32)O4)Nc2cc(-n3c4ccccc4c4ccccc43)cc3c2B5c2ccccc2N3c2ccccc2)c(C)c1. The van der Waals surface area contributed by atoms with Gasteiger partial charge in [-0.2, -0.15) is 0 Å². The number of aryl methyl sites for hydroxylation is 3. The summed E-state index contributed by atoms with van der Waals surface area (Å²) < 4.78 is 23.0. The second-order valence-corrected chi connectivity index (χ2v) is 30.9. The third-order valence-electron chi connectivity index (χ3n) is 24.9. The number of anilines is 11. The zero-order valence-corrected chi connectivity index (χ0v) is 60.9. The lowest BCUT2D eigenvalue weighted by Gasteiger charge is -2.46. The molecule has 0 amide bonds. The third-order valence-corrected chi connectivity index (χ3v) is 24.9. The molecule has 111 heavy (non-hydrogen) atoms. The summed E-state index contributed by atoms with van der Waals surface area (Å²) in [5.74, 6) is 3.12. The fourth-order valence-electron chi connectivity index (χ4n) is 20.7. The maximum atomic E-state index is 7.92. The minimum atomic E-state index is -0.349. The fraction of sp³-hybridized carbons (Fsp3) is 0.0303.